The van der Waals surface area contributed by atoms with Crippen molar-refractivity contribution in [3.63, 3.8) is 0 Å². The number of amidine groups is 1. The fraction of sp³-hybridized carbons (Fsp3) is 0.154. The predicted molar refractivity (Wildman–Crippen MR) is 130 cm³/mol. The number of anilines is 1. The summed E-state index contributed by atoms with van der Waals surface area (Å²) >= 11 is 1.45. The van der Waals surface area contributed by atoms with Crippen LogP contribution in [-0.4, -0.2) is 18.2 Å². The lowest BCUT2D eigenvalue weighted by Crippen LogP contribution is -2.30. The second kappa shape index (κ2) is 9.40. The third-order valence-electron chi connectivity index (χ3n) is 4.99. The summed E-state index contributed by atoms with van der Waals surface area (Å²) in [4.78, 5) is 19.7. The lowest BCUT2D eigenvalue weighted by atomic mass is 10.1. The van der Waals surface area contributed by atoms with Gasteiger partial charge in [-0.15, -0.1) is 0 Å². The summed E-state index contributed by atoms with van der Waals surface area (Å²) in [6.45, 7) is 4.02. The number of halogens is 1. The van der Waals surface area contributed by atoms with Gasteiger partial charge in [0.15, 0.2) is 5.17 Å². The molecule has 1 heterocycles. The molecule has 0 aromatic heterocycles. The highest BCUT2D eigenvalue weighted by Gasteiger charge is 2.32. The lowest BCUT2D eigenvalue weighted by Gasteiger charge is -2.19. The number of methoxy groups -OCH3 is 1. The third-order valence-corrected chi connectivity index (χ3v) is 6.00. The Morgan fingerprint density at radius 1 is 1.00 bits per heavy atom. The Kier molecular flexibility index (Phi) is 6.42. The first-order chi connectivity index (χ1) is 15.4. The lowest BCUT2D eigenvalue weighted by molar-refractivity contribution is -0.113. The molecule has 4 rings (SSSR count). The van der Waals surface area contributed by atoms with Gasteiger partial charge in [-0.25, -0.2) is 9.38 Å². The minimum absolute atomic E-state index is 0.174. The van der Waals surface area contributed by atoms with Gasteiger partial charge >= 0.3 is 0 Å². The van der Waals surface area contributed by atoms with Crippen LogP contribution in [0.4, 0.5) is 10.1 Å². The standard InChI is InChI=1S/C26H23FN2O2S/c1-17-12-18(2)14-22(13-17)29-25(30)24(15-19-6-10-23(31-3)11-7-19)28-26(29)32-16-20-4-8-21(27)9-5-20/h4-15H,16H2,1-3H3. The Morgan fingerprint density at radius 2 is 1.66 bits per heavy atom. The maximum absolute atomic E-state index is 13.4. The van der Waals surface area contributed by atoms with Gasteiger partial charge in [-0.3, -0.25) is 9.69 Å². The van der Waals surface area contributed by atoms with Crippen molar-refractivity contribution in [2.24, 2.45) is 4.99 Å². The number of carbonyl (C=O) groups excluding carboxylic acids is 1. The third kappa shape index (κ3) is 4.92. The number of hydrogen-bond donors (Lipinski definition) is 0. The van der Waals surface area contributed by atoms with E-state index in [2.05, 4.69) is 11.1 Å². The molecular formula is C26H23FN2O2S. The molecule has 0 fully saturated rings. The van der Waals surface area contributed by atoms with Crippen LogP contribution in [0.1, 0.15) is 22.3 Å². The fourth-order valence-electron chi connectivity index (χ4n) is 3.49. The van der Waals surface area contributed by atoms with Gasteiger partial charge in [0.2, 0.25) is 0 Å². The molecule has 3 aromatic rings. The van der Waals surface area contributed by atoms with Gasteiger partial charge in [0, 0.05) is 5.75 Å². The summed E-state index contributed by atoms with van der Waals surface area (Å²) in [5.41, 5.74) is 5.13. The monoisotopic (exact) mass is 446 g/mol. The van der Waals surface area contributed by atoms with Crippen molar-refractivity contribution >= 4 is 34.6 Å². The molecule has 32 heavy (non-hydrogen) atoms. The molecule has 6 heteroatoms. The van der Waals surface area contributed by atoms with Gasteiger partial charge in [0.1, 0.15) is 17.3 Å². The van der Waals surface area contributed by atoms with Crippen molar-refractivity contribution in [2.75, 3.05) is 12.0 Å². The Bertz CT molecular complexity index is 1180. The quantitative estimate of drug-likeness (QED) is 0.443. The highest BCUT2D eigenvalue weighted by atomic mass is 32.2. The molecule has 1 amide bonds. The molecule has 0 bridgehead atoms. The van der Waals surface area contributed by atoms with Crippen molar-refractivity contribution in [3.05, 3.63) is 100 Å². The molecular weight excluding hydrogens is 423 g/mol. The van der Waals surface area contributed by atoms with E-state index in [0.717, 1.165) is 33.7 Å². The zero-order valence-electron chi connectivity index (χ0n) is 18.1. The zero-order chi connectivity index (χ0) is 22.7. The first-order valence-electron chi connectivity index (χ1n) is 10.2. The maximum atomic E-state index is 13.4. The summed E-state index contributed by atoms with van der Waals surface area (Å²) in [5.74, 6) is 0.880. The van der Waals surface area contributed by atoms with E-state index >= 15 is 0 Å². The normalized spacial score (nSPS) is 14.8. The SMILES string of the molecule is COc1ccc(C=C2N=C(SCc3ccc(F)cc3)N(c3cc(C)cc(C)c3)C2=O)cc1. The van der Waals surface area contributed by atoms with E-state index in [1.807, 2.05) is 50.2 Å². The number of carbonyl (C=O) groups is 1. The van der Waals surface area contributed by atoms with E-state index in [-0.39, 0.29) is 11.7 Å². The van der Waals surface area contributed by atoms with Crippen LogP contribution in [0.2, 0.25) is 0 Å². The number of thioether (sulfide) groups is 1. The molecule has 1 aliphatic rings. The van der Waals surface area contributed by atoms with Crippen LogP contribution >= 0.6 is 11.8 Å². The van der Waals surface area contributed by atoms with Crippen LogP contribution < -0.4 is 9.64 Å². The molecule has 3 aromatic carbocycles. The molecule has 0 spiro atoms. The van der Waals surface area contributed by atoms with Crippen LogP contribution in [0.25, 0.3) is 6.08 Å². The van der Waals surface area contributed by atoms with Crippen LogP contribution in [0.15, 0.2) is 77.4 Å². The Morgan fingerprint density at radius 3 is 2.28 bits per heavy atom. The first-order valence-corrected chi connectivity index (χ1v) is 11.2. The van der Waals surface area contributed by atoms with Gasteiger partial charge in [0.05, 0.1) is 12.8 Å². The second-order valence-corrected chi connectivity index (χ2v) is 8.54. The van der Waals surface area contributed by atoms with Crippen molar-refractivity contribution in [1.29, 1.82) is 0 Å². The van der Waals surface area contributed by atoms with Gasteiger partial charge in [-0.05, 0) is 78.6 Å². The molecule has 0 unspecified atom stereocenters. The number of ether oxygens (including phenoxy) is 1. The Balaban J connectivity index is 1.67. The number of rotatable bonds is 5. The minimum atomic E-state index is -0.270. The van der Waals surface area contributed by atoms with Crippen molar-refractivity contribution < 1.29 is 13.9 Å². The van der Waals surface area contributed by atoms with Crippen LogP contribution in [-0.2, 0) is 10.5 Å². The van der Waals surface area contributed by atoms with E-state index < -0.39 is 0 Å². The molecule has 1 aliphatic heterocycles. The number of amides is 1. The Hall–Kier alpha value is -3.38. The predicted octanol–water partition coefficient (Wildman–Crippen LogP) is 6.13. The van der Waals surface area contributed by atoms with Crippen LogP contribution in [0.3, 0.4) is 0 Å². The molecule has 0 N–H and O–H groups in total. The van der Waals surface area contributed by atoms with Gasteiger partial charge in [-0.2, -0.15) is 0 Å². The number of hydrogen-bond acceptors (Lipinski definition) is 4. The average molecular weight is 447 g/mol. The molecule has 0 saturated heterocycles. The van der Waals surface area contributed by atoms with Crippen molar-refractivity contribution in [1.82, 2.24) is 0 Å². The average Bonchev–Trinajstić information content (AvgIpc) is 3.08. The van der Waals surface area contributed by atoms with E-state index in [9.17, 15) is 9.18 Å². The minimum Gasteiger partial charge on any atom is -0.497 e. The zero-order valence-corrected chi connectivity index (χ0v) is 18.9. The van der Waals surface area contributed by atoms with E-state index in [1.54, 1.807) is 30.2 Å². The van der Waals surface area contributed by atoms with Crippen molar-refractivity contribution in [2.45, 2.75) is 19.6 Å². The number of aliphatic imine (C=N–C) groups is 1. The number of nitrogens with zero attached hydrogens (tertiary/aromatic N) is 2. The summed E-state index contributed by atoms with van der Waals surface area (Å²) < 4.78 is 18.5. The number of aryl methyl sites for hydroxylation is 2. The van der Waals surface area contributed by atoms with E-state index in [4.69, 9.17) is 4.74 Å². The van der Waals surface area contributed by atoms with Gasteiger partial charge < -0.3 is 4.74 Å². The molecule has 0 saturated carbocycles. The van der Waals surface area contributed by atoms with E-state index in [0.29, 0.717) is 16.6 Å². The number of benzene rings is 3. The summed E-state index contributed by atoms with van der Waals surface area (Å²) in [5, 5.41) is 0.601. The second-order valence-electron chi connectivity index (χ2n) is 7.60. The molecule has 4 nitrogen and oxygen atoms in total. The summed E-state index contributed by atoms with van der Waals surface area (Å²) in [7, 11) is 1.62. The summed E-state index contributed by atoms with van der Waals surface area (Å²) in [6, 6.07) is 19.9. The van der Waals surface area contributed by atoms with Crippen molar-refractivity contribution in [3.8, 4) is 5.75 Å². The smallest absolute Gasteiger partial charge is 0.283 e. The molecule has 0 aliphatic carbocycles. The highest BCUT2D eigenvalue weighted by Crippen LogP contribution is 2.32. The highest BCUT2D eigenvalue weighted by molar-refractivity contribution is 8.13. The van der Waals surface area contributed by atoms with Crippen LogP contribution in [0, 0.1) is 19.7 Å². The molecule has 162 valence electrons. The maximum Gasteiger partial charge on any atom is 0.283 e. The first kappa shape index (κ1) is 21.8. The molecule has 0 radical (unpaired) electrons. The molecule has 0 atom stereocenters. The largest absolute Gasteiger partial charge is 0.497 e. The van der Waals surface area contributed by atoms with Gasteiger partial charge in [-0.1, -0.05) is 42.1 Å². The van der Waals surface area contributed by atoms with Gasteiger partial charge in [0.25, 0.3) is 5.91 Å². The fourth-order valence-corrected chi connectivity index (χ4v) is 4.46. The van der Waals surface area contributed by atoms with E-state index in [1.165, 1.54) is 23.9 Å². The van der Waals surface area contributed by atoms with Crippen LogP contribution in [0.5, 0.6) is 5.75 Å². The summed E-state index contributed by atoms with van der Waals surface area (Å²) in [6.07, 6.45) is 1.78. The Labute approximate surface area is 191 Å². The topological polar surface area (TPSA) is 41.9 Å².